The summed E-state index contributed by atoms with van der Waals surface area (Å²) in [6.07, 6.45) is 2.67. The van der Waals surface area contributed by atoms with Gasteiger partial charge in [-0.1, -0.05) is 19.1 Å². The number of benzene rings is 1. The smallest absolute Gasteiger partial charge is 0.314 e. The van der Waals surface area contributed by atoms with Crippen LogP contribution in [0.3, 0.4) is 0 Å². The van der Waals surface area contributed by atoms with E-state index in [0.717, 1.165) is 44.5 Å². The molecule has 2 N–H and O–H groups in total. The van der Waals surface area contributed by atoms with E-state index in [-0.39, 0.29) is 6.03 Å². The van der Waals surface area contributed by atoms with Crippen LogP contribution in [0.15, 0.2) is 24.3 Å². The SMILES string of the molecule is C[C@H]1CCCN(CCOc2ccc(CN3CCN(C(N)=O)CC3)cc2)C1. The number of nitrogens with two attached hydrogens (primary N) is 1. The highest BCUT2D eigenvalue weighted by Gasteiger charge is 2.19. The second kappa shape index (κ2) is 9.24. The number of rotatable bonds is 6. The second-order valence-corrected chi connectivity index (χ2v) is 7.64. The molecular formula is C20H32N4O2. The summed E-state index contributed by atoms with van der Waals surface area (Å²) in [6, 6.07) is 8.09. The lowest BCUT2D eigenvalue weighted by molar-refractivity contribution is 0.140. The Balaban J connectivity index is 1.37. The summed E-state index contributed by atoms with van der Waals surface area (Å²) in [6.45, 7) is 10.6. The standard InChI is InChI=1S/C20H32N4O2/c1-17-3-2-8-22(15-17)13-14-26-19-6-4-18(5-7-19)16-23-9-11-24(12-10-23)20(21)25/h4-7,17H,2-3,8-16H2,1H3,(H2,21,25)/t17-/m0/s1. The van der Waals surface area contributed by atoms with Gasteiger partial charge in [-0.15, -0.1) is 0 Å². The Labute approximate surface area is 156 Å². The van der Waals surface area contributed by atoms with Crippen LogP contribution in [0.5, 0.6) is 5.75 Å². The molecule has 3 rings (SSSR count). The number of hydrogen-bond acceptors (Lipinski definition) is 4. The van der Waals surface area contributed by atoms with Crippen LogP contribution in [-0.4, -0.2) is 73.2 Å². The molecule has 2 aliphatic heterocycles. The molecule has 2 fully saturated rings. The predicted molar refractivity (Wildman–Crippen MR) is 103 cm³/mol. The molecule has 2 saturated heterocycles. The highest BCUT2D eigenvalue weighted by atomic mass is 16.5. The molecule has 6 heteroatoms. The van der Waals surface area contributed by atoms with E-state index in [1.54, 1.807) is 4.90 Å². The van der Waals surface area contributed by atoms with Crippen LogP contribution in [-0.2, 0) is 6.54 Å². The summed E-state index contributed by atoms with van der Waals surface area (Å²) in [5, 5.41) is 0. The van der Waals surface area contributed by atoms with Gasteiger partial charge in [-0.3, -0.25) is 9.80 Å². The zero-order chi connectivity index (χ0) is 18.4. The highest BCUT2D eigenvalue weighted by molar-refractivity contribution is 5.72. The van der Waals surface area contributed by atoms with Crippen molar-refractivity contribution in [1.82, 2.24) is 14.7 Å². The number of piperazine rings is 1. The Morgan fingerprint density at radius 2 is 1.85 bits per heavy atom. The Morgan fingerprint density at radius 1 is 1.12 bits per heavy atom. The van der Waals surface area contributed by atoms with Crippen LogP contribution in [0.2, 0.25) is 0 Å². The summed E-state index contributed by atoms with van der Waals surface area (Å²) in [4.78, 5) is 17.7. The van der Waals surface area contributed by atoms with Crippen molar-refractivity contribution in [3.63, 3.8) is 0 Å². The van der Waals surface area contributed by atoms with Crippen molar-refractivity contribution >= 4 is 6.03 Å². The maximum Gasteiger partial charge on any atom is 0.314 e. The Morgan fingerprint density at radius 3 is 2.50 bits per heavy atom. The van der Waals surface area contributed by atoms with Crippen LogP contribution in [0, 0.1) is 5.92 Å². The average molecular weight is 361 g/mol. The van der Waals surface area contributed by atoms with Gasteiger partial charge in [0.2, 0.25) is 0 Å². The molecule has 1 atom stereocenters. The highest BCUT2D eigenvalue weighted by Crippen LogP contribution is 2.17. The minimum atomic E-state index is -0.315. The lowest BCUT2D eigenvalue weighted by Crippen LogP contribution is -2.50. The molecule has 1 aromatic rings. The van der Waals surface area contributed by atoms with Crippen LogP contribution in [0.25, 0.3) is 0 Å². The normalized spacial score (nSPS) is 22.3. The third kappa shape index (κ3) is 5.61. The Bertz CT molecular complexity index is 570. The number of carbonyl (C=O) groups excluding carboxylic acids is 1. The zero-order valence-electron chi connectivity index (χ0n) is 15.9. The Hall–Kier alpha value is -1.79. The third-order valence-electron chi connectivity index (χ3n) is 5.43. The van der Waals surface area contributed by atoms with Crippen molar-refractivity contribution < 1.29 is 9.53 Å². The fourth-order valence-corrected chi connectivity index (χ4v) is 3.86. The van der Waals surface area contributed by atoms with Gasteiger partial charge in [0.15, 0.2) is 0 Å². The number of urea groups is 1. The molecule has 0 spiro atoms. The molecular weight excluding hydrogens is 328 g/mol. The van der Waals surface area contributed by atoms with E-state index in [4.69, 9.17) is 10.5 Å². The summed E-state index contributed by atoms with van der Waals surface area (Å²) >= 11 is 0. The first-order valence-corrected chi connectivity index (χ1v) is 9.81. The first-order chi connectivity index (χ1) is 12.6. The number of likely N-dealkylation sites (tertiary alicyclic amines) is 1. The number of carbonyl (C=O) groups is 1. The maximum atomic E-state index is 11.2. The van der Waals surface area contributed by atoms with E-state index in [0.29, 0.717) is 13.1 Å². The van der Waals surface area contributed by atoms with Crippen LogP contribution < -0.4 is 10.5 Å². The van der Waals surface area contributed by atoms with Crippen LogP contribution in [0.1, 0.15) is 25.3 Å². The van der Waals surface area contributed by atoms with E-state index in [2.05, 4.69) is 41.0 Å². The third-order valence-corrected chi connectivity index (χ3v) is 5.43. The maximum absolute atomic E-state index is 11.2. The second-order valence-electron chi connectivity index (χ2n) is 7.64. The molecule has 1 aromatic carbocycles. The van der Waals surface area contributed by atoms with Gasteiger partial charge >= 0.3 is 6.03 Å². The van der Waals surface area contributed by atoms with Crippen molar-refractivity contribution in [3.8, 4) is 5.75 Å². The van der Waals surface area contributed by atoms with Crippen molar-refractivity contribution in [2.75, 3.05) is 52.4 Å². The van der Waals surface area contributed by atoms with E-state index < -0.39 is 0 Å². The van der Waals surface area contributed by atoms with Gasteiger partial charge in [-0.05, 0) is 43.0 Å². The van der Waals surface area contributed by atoms with Crippen molar-refractivity contribution in [2.45, 2.75) is 26.3 Å². The zero-order valence-corrected chi connectivity index (χ0v) is 15.9. The molecule has 0 aliphatic carbocycles. The minimum Gasteiger partial charge on any atom is -0.492 e. The monoisotopic (exact) mass is 360 g/mol. The minimum absolute atomic E-state index is 0.315. The molecule has 0 aromatic heterocycles. The lowest BCUT2D eigenvalue weighted by atomic mass is 10.0. The van der Waals surface area contributed by atoms with Gasteiger partial charge in [-0.25, -0.2) is 4.79 Å². The summed E-state index contributed by atoms with van der Waals surface area (Å²) < 4.78 is 5.92. The molecule has 0 bridgehead atoms. The fraction of sp³-hybridized carbons (Fsp3) is 0.650. The molecule has 2 heterocycles. The van der Waals surface area contributed by atoms with Gasteiger partial charge in [0.25, 0.3) is 0 Å². The molecule has 2 amide bonds. The van der Waals surface area contributed by atoms with Gasteiger partial charge in [-0.2, -0.15) is 0 Å². The fourth-order valence-electron chi connectivity index (χ4n) is 3.86. The first-order valence-electron chi connectivity index (χ1n) is 9.81. The lowest BCUT2D eigenvalue weighted by Gasteiger charge is -2.33. The Kier molecular flexibility index (Phi) is 6.74. The van der Waals surface area contributed by atoms with Gasteiger partial charge in [0, 0.05) is 45.8 Å². The van der Waals surface area contributed by atoms with Gasteiger partial charge in [0.05, 0.1) is 0 Å². The van der Waals surface area contributed by atoms with Crippen LogP contribution in [0.4, 0.5) is 4.79 Å². The molecule has 144 valence electrons. The number of amides is 2. The molecule has 0 unspecified atom stereocenters. The molecule has 6 nitrogen and oxygen atoms in total. The molecule has 2 aliphatic rings. The molecule has 0 radical (unpaired) electrons. The van der Waals surface area contributed by atoms with E-state index in [1.807, 2.05) is 0 Å². The summed E-state index contributed by atoms with van der Waals surface area (Å²) in [5.74, 6) is 1.75. The largest absolute Gasteiger partial charge is 0.492 e. The number of hydrogen-bond donors (Lipinski definition) is 1. The summed E-state index contributed by atoms with van der Waals surface area (Å²) in [5.41, 5.74) is 6.60. The van der Waals surface area contributed by atoms with Gasteiger partial charge in [0.1, 0.15) is 12.4 Å². The van der Waals surface area contributed by atoms with Crippen molar-refractivity contribution in [3.05, 3.63) is 29.8 Å². The topological polar surface area (TPSA) is 62.0 Å². The number of piperidine rings is 1. The van der Waals surface area contributed by atoms with E-state index >= 15 is 0 Å². The number of ether oxygens (including phenoxy) is 1. The molecule has 26 heavy (non-hydrogen) atoms. The average Bonchev–Trinajstić information content (AvgIpc) is 2.64. The van der Waals surface area contributed by atoms with Crippen molar-refractivity contribution in [2.24, 2.45) is 11.7 Å². The van der Waals surface area contributed by atoms with E-state index in [1.165, 1.54) is 31.5 Å². The number of primary amides is 1. The summed E-state index contributed by atoms with van der Waals surface area (Å²) in [7, 11) is 0. The van der Waals surface area contributed by atoms with Crippen LogP contribution >= 0.6 is 0 Å². The van der Waals surface area contributed by atoms with Crippen molar-refractivity contribution in [1.29, 1.82) is 0 Å². The van der Waals surface area contributed by atoms with E-state index in [9.17, 15) is 4.79 Å². The quantitative estimate of drug-likeness (QED) is 0.843. The van der Waals surface area contributed by atoms with Gasteiger partial charge < -0.3 is 15.4 Å². The predicted octanol–water partition coefficient (Wildman–Crippen LogP) is 1.99. The molecule has 0 saturated carbocycles. The first kappa shape index (κ1) is 19.0. The number of nitrogens with zero attached hydrogens (tertiary/aromatic N) is 3.